The first-order chi connectivity index (χ1) is 19.5. The molecule has 4 heteroatoms. The zero-order valence-electron chi connectivity index (χ0n) is 25.6. The Balaban J connectivity index is 0.000000285. The third-order valence-corrected chi connectivity index (χ3v) is 7.59. The molecule has 0 spiro atoms. The van der Waals surface area contributed by atoms with Crippen molar-refractivity contribution in [1.29, 1.82) is 0 Å². The van der Waals surface area contributed by atoms with Gasteiger partial charge in [0, 0.05) is 0 Å². The number of fused-ring (bicyclic) bond motifs is 4. The average Bonchev–Trinajstić information content (AvgIpc) is 3.78. The van der Waals surface area contributed by atoms with Gasteiger partial charge in [-0.1, -0.05) is 52.0 Å². The van der Waals surface area contributed by atoms with Crippen molar-refractivity contribution in [2.75, 3.05) is 0 Å². The molecule has 8 rings (SSSR count). The maximum atomic E-state index is 2.16. The van der Waals surface area contributed by atoms with Crippen LogP contribution in [0.4, 0.5) is 0 Å². The second-order valence-corrected chi connectivity index (χ2v) is 10.4. The minimum atomic E-state index is 0. The molecule has 0 aliphatic carbocycles. The molecule has 0 aliphatic rings. The summed E-state index contributed by atoms with van der Waals surface area (Å²) in [7, 11) is 0. The largest absolute Gasteiger partial charge is 2.00 e. The molecule has 0 aliphatic heterocycles. The van der Waals surface area contributed by atoms with E-state index < -0.39 is 0 Å². The van der Waals surface area contributed by atoms with Gasteiger partial charge in [-0.05, 0) is 0 Å². The number of benzene rings is 4. The standard InChI is InChI=1S/4C10H9.2ClH.2Zr/c4*1-8-6-7-9-4-2-3-5-10(8)9;;;;/h4*2-7H,1H3;2*1H;;/q4*-1;;;2*+2/p-2. The van der Waals surface area contributed by atoms with E-state index in [0.717, 1.165) is 0 Å². The van der Waals surface area contributed by atoms with Crippen LogP contribution in [0.1, 0.15) is 22.3 Å². The third kappa shape index (κ3) is 9.83. The fourth-order valence-corrected chi connectivity index (χ4v) is 5.22. The van der Waals surface area contributed by atoms with E-state index in [1.165, 1.54) is 65.3 Å². The van der Waals surface area contributed by atoms with Gasteiger partial charge in [0.05, 0.1) is 0 Å². The quantitative estimate of drug-likeness (QED) is 0.180. The van der Waals surface area contributed by atoms with Gasteiger partial charge in [0.25, 0.3) is 0 Å². The van der Waals surface area contributed by atoms with Crippen LogP contribution in [0.3, 0.4) is 0 Å². The van der Waals surface area contributed by atoms with Crippen LogP contribution >= 0.6 is 0 Å². The normalized spacial score (nSPS) is 9.55. The van der Waals surface area contributed by atoms with Crippen LogP contribution < -0.4 is 24.8 Å². The molecule has 0 fully saturated rings. The summed E-state index contributed by atoms with van der Waals surface area (Å²) < 4.78 is 0. The van der Waals surface area contributed by atoms with E-state index in [9.17, 15) is 0 Å². The molecule has 44 heavy (non-hydrogen) atoms. The molecule has 0 atom stereocenters. The Morgan fingerprint density at radius 1 is 0.318 bits per heavy atom. The molecule has 0 bridgehead atoms. The van der Waals surface area contributed by atoms with Crippen molar-refractivity contribution in [3.63, 3.8) is 0 Å². The third-order valence-electron chi connectivity index (χ3n) is 7.59. The monoisotopic (exact) mass is 766 g/mol. The van der Waals surface area contributed by atoms with Crippen LogP contribution in [0.15, 0.2) is 146 Å². The van der Waals surface area contributed by atoms with Gasteiger partial charge in [-0.25, -0.2) is 0 Å². The molecular weight excluding hydrogens is 734 g/mol. The fraction of sp³-hybridized carbons (Fsp3) is 0.100. The molecule has 8 aromatic carbocycles. The van der Waals surface area contributed by atoms with Gasteiger partial charge in [0.15, 0.2) is 0 Å². The smallest absolute Gasteiger partial charge is 1.00 e. The fourth-order valence-electron chi connectivity index (χ4n) is 5.22. The molecule has 0 nitrogen and oxygen atoms in total. The van der Waals surface area contributed by atoms with Crippen molar-refractivity contribution < 1.29 is 77.2 Å². The second-order valence-electron chi connectivity index (χ2n) is 10.4. The van der Waals surface area contributed by atoms with Crippen molar-refractivity contribution in [2.45, 2.75) is 27.7 Å². The molecule has 0 heterocycles. The van der Waals surface area contributed by atoms with E-state index in [1.807, 2.05) is 0 Å². The Kier molecular flexibility index (Phi) is 17.4. The van der Waals surface area contributed by atoms with Crippen molar-refractivity contribution in [3.05, 3.63) is 168 Å². The van der Waals surface area contributed by atoms with Crippen LogP contribution in [-0.2, 0) is 52.4 Å². The first-order valence-corrected chi connectivity index (χ1v) is 14.0. The van der Waals surface area contributed by atoms with Crippen molar-refractivity contribution >= 4 is 43.1 Å². The molecular formula is C40H36Cl2Zr2-2. The summed E-state index contributed by atoms with van der Waals surface area (Å²) in [5, 5.41) is 10.9. The van der Waals surface area contributed by atoms with E-state index in [1.54, 1.807) is 0 Å². The predicted octanol–water partition coefficient (Wildman–Crippen LogP) is 5.47. The maximum absolute atomic E-state index is 2.16. The predicted molar refractivity (Wildman–Crippen MR) is 177 cm³/mol. The first-order valence-electron chi connectivity index (χ1n) is 14.0. The van der Waals surface area contributed by atoms with Crippen LogP contribution in [0.5, 0.6) is 0 Å². The second kappa shape index (κ2) is 19.2. The van der Waals surface area contributed by atoms with E-state index >= 15 is 0 Å². The molecule has 0 saturated carbocycles. The summed E-state index contributed by atoms with van der Waals surface area (Å²) in [6.45, 7) is 8.56. The SMILES string of the molecule is Cc1c[cH-]c2ccccc12.Cc1c[cH-]c2ccccc12.Cc1c[cH-]c2ccccc12.Cc1c[cH-]c2ccccc12.[Cl-].[Cl-].[Zr+2].[Zr+2]. The van der Waals surface area contributed by atoms with Gasteiger partial charge < -0.3 is 24.8 Å². The summed E-state index contributed by atoms with van der Waals surface area (Å²) in [5.74, 6) is 0. The van der Waals surface area contributed by atoms with Gasteiger partial charge in [0.2, 0.25) is 0 Å². The Morgan fingerprint density at radius 2 is 0.500 bits per heavy atom. The molecule has 0 saturated heterocycles. The Labute approximate surface area is 313 Å². The molecule has 8 aromatic rings. The summed E-state index contributed by atoms with van der Waals surface area (Å²) in [6, 6.07) is 51.1. The first kappa shape index (κ1) is 39.7. The van der Waals surface area contributed by atoms with E-state index in [2.05, 4.69) is 173 Å². The Morgan fingerprint density at radius 3 is 0.682 bits per heavy atom. The Bertz CT molecular complexity index is 1680. The van der Waals surface area contributed by atoms with Crippen LogP contribution in [0.25, 0.3) is 43.1 Å². The number of hydrogen-bond acceptors (Lipinski definition) is 0. The van der Waals surface area contributed by atoms with E-state index in [4.69, 9.17) is 0 Å². The zero-order chi connectivity index (χ0) is 27.9. The Hall–Kier alpha value is -2.33. The van der Waals surface area contributed by atoms with Crippen LogP contribution in [0.2, 0.25) is 0 Å². The van der Waals surface area contributed by atoms with Crippen molar-refractivity contribution in [2.24, 2.45) is 0 Å². The van der Waals surface area contributed by atoms with Crippen molar-refractivity contribution in [1.82, 2.24) is 0 Å². The minimum absolute atomic E-state index is 0. The van der Waals surface area contributed by atoms with Crippen LogP contribution in [-0.4, -0.2) is 0 Å². The number of rotatable bonds is 0. The average molecular weight is 770 g/mol. The van der Waals surface area contributed by atoms with Crippen molar-refractivity contribution in [3.8, 4) is 0 Å². The minimum Gasteiger partial charge on any atom is -1.00 e. The molecule has 0 amide bonds. The molecule has 0 unspecified atom stereocenters. The zero-order valence-corrected chi connectivity index (χ0v) is 32.0. The number of aryl methyl sites for hydroxylation is 4. The van der Waals surface area contributed by atoms with Gasteiger partial charge in [-0.3, -0.25) is 0 Å². The molecule has 0 aromatic heterocycles. The van der Waals surface area contributed by atoms with Gasteiger partial charge in [-0.15, -0.1) is 140 Å². The summed E-state index contributed by atoms with van der Waals surface area (Å²) in [6.07, 6.45) is 0. The summed E-state index contributed by atoms with van der Waals surface area (Å²) >= 11 is 0. The molecule has 0 radical (unpaired) electrons. The number of hydrogen-bond donors (Lipinski definition) is 0. The maximum Gasteiger partial charge on any atom is 2.00 e. The topological polar surface area (TPSA) is 0 Å². The van der Waals surface area contributed by atoms with E-state index in [0.29, 0.717) is 0 Å². The van der Waals surface area contributed by atoms with E-state index in [-0.39, 0.29) is 77.2 Å². The molecule has 0 N–H and O–H groups in total. The van der Waals surface area contributed by atoms with Gasteiger partial charge in [0.1, 0.15) is 0 Å². The van der Waals surface area contributed by atoms with Crippen LogP contribution in [0, 0.1) is 27.7 Å². The van der Waals surface area contributed by atoms with Gasteiger partial charge >= 0.3 is 52.4 Å². The summed E-state index contributed by atoms with van der Waals surface area (Å²) in [4.78, 5) is 0. The number of halogens is 2. The summed E-state index contributed by atoms with van der Waals surface area (Å²) in [5.41, 5.74) is 5.48. The molecule has 220 valence electrons. The van der Waals surface area contributed by atoms with Gasteiger partial charge in [-0.2, -0.15) is 46.5 Å².